The molecule has 0 radical (unpaired) electrons. The first kappa shape index (κ1) is 14.5. The molecule has 0 unspecified atom stereocenters. The van der Waals surface area contributed by atoms with E-state index < -0.39 is 0 Å². The summed E-state index contributed by atoms with van der Waals surface area (Å²) in [5.74, 6) is 1.90. The summed E-state index contributed by atoms with van der Waals surface area (Å²) in [6.45, 7) is 5.50. The van der Waals surface area contributed by atoms with E-state index in [1.165, 1.54) is 0 Å². The van der Waals surface area contributed by atoms with Crippen LogP contribution in [-0.2, 0) is 6.54 Å². The number of urea groups is 1. The maximum atomic E-state index is 12.0. The van der Waals surface area contributed by atoms with Crippen molar-refractivity contribution in [1.29, 1.82) is 0 Å². The largest absolute Gasteiger partial charge is 0.497 e. The Kier molecular flexibility index (Phi) is 4.37. The normalized spacial score (nSPS) is 18.4. The van der Waals surface area contributed by atoms with E-state index in [9.17, 15) is 4.79 Å². The summed E-state index contributed by atoms with van der Waals surface area (Å²) >= 11 is 0. The zero-order chi connectivity index (χ0) is 14.7. The van der Waals surface area contributed by atoms with Gasteiger partial charge in [-0.1, -0.05) is 13.8 Å². The van der Waals surface area contributed by atoms with Crippen LogP contribution in [0.25, 0.3) is 0 Å². The van der Waals surface area contributed by atoms with Gasteiger partial charge in [0.05, 0.1) is 26.8 Å². The van der Waals surface area contributed by atoms with Crippen molar-refractivity contribution in [2.24, 2.45) is 5.92 Å². The molecule has 1 aromatic rings. The second-order valence-electron chi connectivity index (χ2n) is 5.30. The number of ether oxygens (including phenoxy) is 2. The van der Waals surface area contributed by atoms with Gasteiger partial charge in [0.25, 0.3) is 0 Å². The Morgan fingerprint density at radius 1 is 1.35 bits per heavy atom. The monoisotopic (exact) mass is 278 g/mol. The summed E-state index contributed by atoms with van der Waals surface area (Å²) in [6, 6.07) is 5.88. The number of nitrogens with zero attached hydrogens (tertiary/aromatic N) is 1. The van der Waals surface area contributed by atoms with Crippen molar-refractivity contribution in [3.8, 4) is 11.5 Å². The standard InChI is InChI=1S/C15H22N2O3/c1-10(2)13-8-16-15(18)17(13)9-11-5-6-12(19-3)7-14(11)20-4/h5-7,10,13H,8-9H2,1-4H3,(H,16,18)/t13-/m1/s1. The van der Waals surface area contributed by atoms with Gasteiger partial charge in [0.15, 0.2) is 0 Å². The number of rotatable bonds is 5. The highest BCUT2D eigenvalue weighted by molar-refractivity contribution is 5.77. The maximum Gasteiger partial charge on any atom is 0.318 e. The predicted octanol–water partition coefficient (Wildman–Crippen LogP) is 2.25. The highest BCUT2D eigenvalue weighted by atomic mass is 16.5. The Hall–Kier alpha value is -1.91. The van der Waals surface area contributed by atoms with E-state index in [1.54, 1.807) is 14.2 Å². The van der Waals surface area contributed by atoms with Gasteiger partial charge in [-0.05, 0) is 18.1 Å². The zero-order valence-corrected chi connectivity index (χ0v) is 12.5. The van der Waals surface area contributed by atoms with Crippen LogP contribution in [0.2, 0.25) is 0 Å². The summed E-state index contributed by atoms with van der Waals surface area (Å²) < 4.78 is 10.6. The van der Waals surface area contributed by atoms with E-state index >= 15 is 0 Å². The molecule has 20 heavy (non-hydrogen) atoms. The summed E-state index contributed by atoms with van der Waals surface area (Å²) in [5, 5.41) is 2.90. The van der Waals surface area contributed by atoms with Crippen LogP contribution in [0.1, 0.15) is 19.4 Å². The fourth-order valence-corrected chi connectivity index (χ4v) is 2.50. The lowest BCUT2D eigenvalue weighted by atomic mass is 10.0. The van der Waals surface area contributed by atoms with E-state index in [-0.39, 0.29) is 12.1 Å². The lowest BCUT2D eigenvalue weighted by Gasteiger charge is -2.26. The molecule has 2 amide bonds. The van der Waals surface area contributed by atoms with Gasteiger partial charge in [-0.15, -0.1) is 0 Å². The minimum Gasteiger partial charge on any atom is -0.497 e. The third-order valence-corrected chi connectivity index (χ3v) is 3.73. The van der Waals surface area contributed by atoms with Gasteiger partial charge in [-0.3, -0.25) is 0 Å². The zero-order valence-electron chi connectivity index (χ0n) is 12.5. The Labute approximate surface area is 119 Å². The number of methoxy groups -OCH3 is 2. The van der Waals surface area contributed by atoms with Gasteiger partial charge in [0.1, 0.15) is 11.5 Å². The summed E-state index contributed by atoms with van der Waals surface area (Å²) in [7, 11) is 3.25. The molecule has 1 heterocycles. The van der Waals surface area contributed by atoms with Crippen molar-refractivity contribution in [1.82, 2.24) is 10.2 Å². The maximum absolute atomic E-state index is 12.0. The average Bonchev–Trinajstić information content (AvgIpc) is 2.81. The van der Waals surface area contributed by atoms with E-state index in [0.29, 0.717) is 19.0 Å². The van der Waals surface area contributed by atoms with Crippen LogP contribution in [-0.4, -0.2) is 37.7 Å². The summed E-state index contributed by atoms with van der Waals surface area (Å²) in [4.78, 5) is 13.8. The quantitative estimate of drug-likeness (QED) is 0.898. The lowest BCUT2D eigenvalue weighted by molar-refractivity contribution is 0.185. The Morgan fingerprint density at radius 2 is 2.10 bits per heavy atom. The average molecular weight is 278 g/mol. The second kappa shape index (κ2) is 6.03. The molecule has 1 aliphatic rings. The van der Waals surface area contributed by atoms with Crippen molar-refractivity contribution >= 4 is 6.03 Å². The molecule has 110 valence electrons. The first-order valence-corrected chi connectivity index (χ1v) is 6.82. The van der Waals surface area contributed by atoms with Crippen molar-refractivity contribution in [3.63, 3.8) is 0 Å². The van der Waals surface area contributed by atoms with Gasteiger partial charge >= 0.3 is 6.03 Å². The van der Waals surface area contributed by atoms with Crippen molar-refractivity contribution in [2.75, 3.05) is 20.8 Å². The molecule has 5 heteroatoms. The Balaban J connectivity index is 2.22. The molecular weight excluding hydrogens is 256 g/mol. The molecule has 1 atom stereocenters. The van der Waals surface area contributed by atoms with Crippen LogP contribution in [0.15, 0.2) is 18.2 Å². The van der Waals surface area contributed by atoms with E-state index in [4.69, 9.17) is 9.47 Å². The molecular formula is C15H22N2O3. The highest BCUT2D eigenvalue weighted by Crippen LogP contribution is 2.28. The number of amides is 2. The molecule has 1 aromatic carbocycles. The summed E-state index contributed by atoms with van der Waals surface area (Å²) in [6.07, 6.45) is 0. The van der Waals surface area contributed by atoms with Crippen LogP contribution in [0.3, 0.4) is 0 Å². The number of benzene rings is 1. The van der Waals surface area contributed by atoms with E-state index in [2.05, 4.69) is 19.2 Å². The Bertz CT molecular complexity index is 488. The van der Waals surface area contributed by atoms with Gasteiger partial charge in [0.2, 0.25) is 0 Å². The van der Waals surface area contributed by atoms with Crippen LogP contribution < -0.4 is 14.8 Å². The number of carbonyl (C=O) groups is 1. The number of carbonyl (C=O) groups excluding carboxylic acids is 1. The molecule has 0 aromatic heterocycles. The first-order chi connectivity index (χ1) is 9.56. The topological polar surface area (TPSA) is 50.8 Å². The highest BCUT2D eigenvalue weighted by Gasteiger charge is 2.33. The molecule has 5 nitrogen and oxygen atoms in total. The van der Waals surface area contributed by atoms with E-state index in [1.807, 2.05) is 23.1 Å². The fraction of sp³-hybridized carbons (Fsp3) is 0.533. The van der Waals surface area contributed by atoms with Crippen LogP contribution in [0.5, 0.6) is 11.5 Å². The summed E-state index contributed by atoms with van der Waals surface area (Å²) in [5.41, 5.74) is 0.982. The van der Waals surface area contributed by atoms with Crippen molar-refractivity contribution in [2.45, 2.75) is 26.4 Å². The number of hydrogen-bond acceptors (Lipinski definition) is 3. The minimum absolute atomic E-state index is 0.0124. The third kappa shape index (κ3) is 2.81. The number of nitrogens with one attached hydrogen (secondary N) is 1. The Morgan fingerprint density at radius 3 is 2.70 bits per heavy atom. The third-order valence-electron chi connectivity index (χ3n) is 3.73. The molecule has 1 N–H and O–H groups in total. The minimum atomic E-state index is -0.0124. The van der Waals surface area contributed by atoms with Crippen molar-refractivity contribution in [3.05, 3.63) is 23.8 Å². The molecule has 0 saturated carbocycles. The molecule has 2 rings (SSSR count). The molecule has 1 saturated heterocycles. The fourth-order valence-electron chi connectivity index (χ4n) is 2.50. The molecule has 0 spiro atoms. The molecule has 0 aliphatic carbocycles. The van der Waals surface area contributed by atoms with Gasteiger partial charge in [-0.2, -0.15) is 0 Å². The van der Waals surface area contributed by atoms with Crippen molar-refractivity contribution < 1.29 is 14.3 Å². The SMILES string of the molecule is COc1ccc(CN2C(=O)NC[C@@H]2C(C)C)c(OC)c1. The number of hydrogen-bond donors (Lipinski definition) is 1. The van der Waals surface area contributed by atoms with E-state index in [0.717, 1.165) is 17.1 Å². The van der Waals surface area contributed by atoms with Gasteiger partial charge < -0.3 is 19.7 Å². The van der Waals surface area contributed by atoms with Crippen LogP contribution >= 0.6 is 0 Å². The second-order valence-corrected chi connectivity index (χ2v) is 5.30. The van der Waals surface area contributed by atoms with Crippen LogP contribution in [0.4, 0.5) is 4.79 Å². The first-order valence-electron chi connectivity index (χ1n) is 6.82. The lowest BCUT2D eigenvalue weighted by Crippen LogP contribution is -2.36. The molecule has 1 fully saturated rings. The van der Waals surface area contributed by atoms with Gasteiger partial charge in [0, 0.05) is 18.2 Å². The predicted molar refractivity (Wildman–Crippen MR) is 77.1 cm³/mol. The molecule has 0 bridgehead atoms. The van der Waals surface area contributed by atoms with Crippen LogP contribution in [0, 0.1) is 5.92 Å². The smallest absolute Gasteiger partial charge is 0.318 e. The molecule has 1 aliphatic heterocycles. The van der Waals surface area contributed by atoms with Gasteiger partial charge in [-0.25, -0.2) is 4.79 Å².